The molecule has 12 nitrogen and oxygen atoms in total. The van der Waals surface area contributed by atoms with Crippen molar-refractivity contribution in [1.29, 1.82) is 5.26 Å². The van der Waals surface area contributed by atoms with E-state index in [1.807, 2.05) is 19.1 Å². The molecule has 0 spiro atoms. The zero-order valence-corrected chi connectivity index (χ0v) is 20.3. The highest BCUT2D eigenvalue weighted by molar-refractivity contribution is 7.86. The Morgan fingerprint density at radius 1 is 1.00 bits per heavy atom. The van der Waals surface area contributed by atoms with Gasteiger partial charge in [-0.2, -0.15) is 33.7 Å². The van der Waals surface area contributed by atoms with Crippen LogP contribution in [0.5, 0.6) is 5.75 Å². The Bertz CT molecular complexity index is 1670. The number of azo groups is 1. The predicted molar refractivity (Wildman–Crippen MR) is 133 cm³/mol. The van der Waals surface area contributed by atoms with Gasteiger partial charge < -0.3 is 10.4 Å². The average Bonchev–Trinajstić information content (AvgIpc) is 2.79. The van der Waals surface area contributed by atoms with Crippen LogP contribution in [0.4, 0.5) is 29.0 Å². The summed E-state index contributed by atoms with van der Waals surface area (Å²) in [5.74, 6) is -0.686. The van der Waals surface area contributed by atoms with E-state index in [2.05, 4.69) is 35.8 Å². The van der Waals surface area contributed by atoms with Crippen molar-refractivity contribution in [3.05, 3.63) is 58.9 Å². The lowest BCUT2D eigenvalue weighted by Crippen LogP contribution is -2.08. The minimum Gasteiger partial charge on any atom is -0.505 e. The summed E-state index contributed by atoms with van der Waals surface area (Å²) in [5.41, 5.74) is 2.06. The lowest BCUT2D eigenvalue weighted by atomic mass is 10.0. The Morgan fingerprint density at radius 2 is 1.69 bits per heavy atom. The molecule has 36 heavy (non-hydrogen) atoms. The van der Waals surface area contributed by atoms with E-state index in [4.69, 9.17) is 16.9 Å². The van der Waals surface area contributed by atoms with Gasteiger partial charge in [-0.05, 0) is 61.3 Å². The number of fused-ring (bicyclic) bond motifs is 1. The smallest absolute Gasteiger partial charge is 0.297 e. The number of benzene rings is 3. The zero-order valence-electron chi connectivity index (χ0n) is 18.7. The van der Waals surface area contributed by atoms with Crippen molar-refractivity contribution in [2.24, 2.45) is 10.2 Å². The highest BCUT2D eigenvalue weighted by Crippen LogP contribution is 2.43. The fourth-order valence-electron chi connectivity index (χ4n) is 3.40. The number of phenolic OH excluding ortho intramolecular Hbond substituents is 1. The van der Waals surface area contributed by atoms with Crippen LogP contribution in [0.1, 0.15) is 11.1 Å². The number of nitrogens with zero attached hydrogens (tertiary/aromatic N) is 6. The molecule has 4 N–H and O–H groups in total. The maximum absolute atomic E-state index is 12.4. The molecule has 4 aromatic rings. The normalized spacial score (nSPS) is 11.5. The molecule has 3 aromatic carbocycles. The van der Waals surface area contributed by atoms with Gasteiger partial charge in [0.25, 0.3) is 10.1 Å². The highest BCUT2D eigenvalue weighted by Gasteiger charge is 2.24. The molecule has 0 aliphatic heterocycles. The van der Waals surface area contributed by atoms with Gasteiger partial charge in [0.05, 0.1) is 11.4 Å². The van der Waals surface area contributed by atoms with Crippen LogP contribution in [-0.4, -0.2) is 33.0 Å². The van der Waals surface area contributed by atoms with Crippen LogP contribution in [0.3, 0.4) is 0 Å². The first-order valence-corrected chi connectivity index (χ1v) is 12.0. The number of aromatic nitrogens is 3. The van der Waals surface area contributed by atoms with Gasteiger partial charge in [0.15, 0.2) is 11.9 Å². The molecular weight excluding hydrogens is 508 g/mol. The summed E-state index contributed by atoms with van der Waals surface area (Å²) < 4.78 is 34.8. The Kier molecular flexibility index (Phi) is 6.67. The van der Waals surface area contributed by atoms with Gasteiger partial charge in [-0.25, -0.2) is 0 Å². The third-order valence-corrected chi connectivity index (χ3v) is 6.11. The highest BCUT2D eigenvalue weighted by atomic mass is 35.5. The summed E-state index contributed by atoms with van der Waals surface area (Å²) in [4.78, 5) is 11.0. The van der Waals surface area contributed by atoms with E-state index in [1.54, 1.807) is 25.2 Å². The number of nitrogens with one attached hydrogen (secondary N) is 2. The van der Waals surface area contributed by atoms with Crippen molar-refractivity contribution in [1.82, 2.24) is 15.0 Å². The molecule has 4 rings (SSSR count). The number of halogens is 1. The van der Waals surface area contributed by atoms with Crippen LogP contribution in [0.2, 0.25) is 5.28 Å². The van der Waals surface area contributed by atoms with E-state index in [1.165, 1.54) is 18.2 Å². The average molecular weight is 525 g/mol. The Morgan fingerprint density at radius 3 is 2.36 bits per heavy atom. The first kappa shape index (κ1) is 24.7. The summed E-state index contributed by atoms with van der Waals surface area (Å²) in [6.45, 7) is 3.55. The standard InChI is InChI=1S/C22H17ClN8O4S/c1-11-3-5-13(6-4-11)30-31-17-12(2)9-15-14(18(17)32)7-8-16(19(15)36(33,34)35)26-22-28-20(23)27-21(29-22)25-10-24/h3-9,32H,1-2H3,(H,33,34,35)(H2,25,26,27,28,29). The minimum absolute atomic E-state index is 0.0160. The van der Waals surface area contributed by atoms with E-state index in [-0.39, 0.29) is 45.1 Å². The van der Waals surface area contributed by atoms with Crippen molar-refractivity contribution in [3.63, 3.8) is 0 Å². The molecule has 182 valence electrons. The minimum atomic E-state index is -4.82. The molecule has 0 unspecified atom stereocenters. The van der Waals surface area contributed by atoms with Gasteiger partial charge in [0.1, 0.15) is 10.6 Å². The van der Waals surface area contributed by atoms with Gasteiger partial charge in [-0.3, -0.25) is 9.87 Å². The Hall–Kier alpha value is -4.38. The SMILES string of the molecule is Cc1ccc(N=Nc2c(C)cc3c(S(=O)(=O)O)c(Nc4nc(Cl)nc(NC#N)n4)ccc3c2O)cc1. The fourth-order valence-corrected chi connectivity index (χ4v) is 4.41. The summed E-state index contributed by atoms with van der Waals surface area (Å²) in [6.07, 6.45) is 1.63. The molecule has 1 heterocycles. The lowest BCUT2D eigenvalue weighted by Gasteiger charge is -2.15. The summed E-state index contributed by atoms with van der Waals surface area (Å²) in [6, 6.07) is 11.5. The van der Waals surface area contributed by atoms with Crippen LogP contribution >= 0.6 is 11.6 Å². The van der Waals surface area contributed by atoms with Gasteiger partial charge in [-0.1, -0.05) is 17.7 Å². The second kappa shape index (κ2) is 9.70. The van der Waals surface area contributed by atoms with Gasteiger partial charge in [0, 0.05) is 10.8 Å². The summed E-state index contributed by atoms with van der Waals surface area (Å²) >= 11 is 5.85. The molecule has 0 bridgehead atoms. The number of aryl methyl sites for hydroxylation is 2. The number of hydrogen-bond acceptors (Lipinski definition) is 11. The number of anilines is 3. The summed E-state index contributed by atoms with van der Waals surface area (Å²) in [7, 11) is -4.82. The third kappa shape index (κ3) is 5.15. The van der Waals surface area contributed by atoms with Crippen molar-refractivity contribution in [3.8, 4) is 11.9 Å². The second-order valence-electron chi connectivity index (χ2n) is 7.55. The van der Waals surface area contributed by atoms with Gasteiger partial charge in [0.2, 0.25) is 17.2 Å². The van der Waals surface area contributed by atoms with Crippen LogP contribution in [0, 0.1) is 25.3 Å². The zero-order chi connectivity index (χ0) is 26.0. The Balaban J connectivity index is 1.84. The molecule has 0 saturated heterocycles. The number of phenols is 1. The fraction of sp³-hybridized carbons (Fsp3) is 0.0909. The largest absolute Gasteiger partial charge is 0.505 e. The second-order valence-corrected chi connectivity index (χ2v) is 9.25. The maximum atomic E-state index is 12.4. The van der Waals surface area contributed by atoms with Crippen LogP contribution in [0.15, 0.2) is 57.6 Å². The molecule has 0 fully saturated rings. The lowest BCUT2D eigenvalue weighted by molar-refractivity contribution is 0.482. The van der Waals surface area contributed by atoms with Crippen molar-refractivity contribution in [2.75, 3.05) is 10.6 Å². The molecule has 0 aliphatic carbocycles. The summed E-state index contributed by atoms with van der Waals surface area (Å²) in [5, 5.41) is 32.7. The van der Waals surface area contributed by atoms with Crippen LogP contribution in [0.25, 0.3) is 10.8 Å². The molecule has 0 amide bonds. The number of aromatic hydroxyl groups is 1. The molecule has 0 radical (unpaired) electrons. The van der Waals surface area contributed by atoms with Gasteiger partial charge >= 0.3 is 0 Å². The number of nitriles is 1. The van der Waals surface area contributed by atoms with E-state index >= 15 is 0 Å². The molecule has 0 aliphatic rings. The van der Waals surface area contributed by atoms with Crippen molar-refractivity contribution in [2.45, 2.75) is 18.7 Å². The van der Waals surface area contributed by atoms with Crippen LogP contribution < -0.4 is 10.6 Å². The molecule has 0 atom stereocenters. The quantitative estimate of drug-likeness (QED) is 0.111. The molecule has 14 heteroatoms. The van der Waals surface area contributed by atoms with E-state index in [9.17, 15) is 18.1 Å². The Labute approximate surface area is 210 Å². The van der Waals surface area contributed by atoms with Gasteiger partial charge in [-0.15, -0.1) is 5.11 Å². The predicted octanol–water partition coefficient (Wildman–Crippen LogP) is 5.30. The van der Waals surface area contributed by atoms with E-state index in [0.717, 1.165) is 5.56 Å². The molecule has 1 aromatic heterocycles. The van der Waals surface area contributed by atoms with Crippen LogP contribution in [-0.2, 0) is 10.1 Å². The first-order chi connectivity index (χ1) is 17.1. The monoisotopic (exact) mass is 524 g/mol. The molecular formula is C22H17ClN8O4S. The van der Waals surface area contributed by atoms with Crippen molar-refractivity contribution >= 4 is 61.5 Å². The first-order valence-electron chi connectivity index (χ1n) is 10.2. The van der Waals surface area contributed by atoms with Crippen molar-refractivity contribution < 1.29 is 18.1 Å². The van der Waals surface area contributed by atoms with E-state index in [0.29, 0.717) is 11.3 Å². The van der Waals surface area contributed by atoms with E-state index < -0.39 is 15.0 Å². The number of rotatable bonds is 6. The third-order valence-electron chi connectivity index (χ3n) is 4.99. The number of hydrogen-bond donors (Lipinski definition) is 4. The topological polar surface area (TPSA) is 186 Å². The maximum Gasteiger partial charge on any atom is 0.297 e. The molecule has 0 saturated carbocycles.